The molecule has 1 fully saturated rings. The van der Waals surface area contributed by atoms with Gasteiger partial charge in [0.05, 0.1) is 0 Å². The highest BCUT2D eigenvalue weighted by Gasteiger charge is 2.40. The summed E-state index contributed by atoms with van der Waals surface area (Å²) in [4.78, 5) is 2.55. The molecule has 1 saturated heterocycles. The fourth-order valence-corrected chi connectivity index (χ4v) is 2.97. The molecule has 3 nitrogen and oxygen atoms in total. The summed E-state index contributed by atoms with van der Waals surface area (Å²) >= 11 is 0. The minimum absolute atomic E-state index is 0.193. The van der Waals surface area contributed by atoms with Gasteiger partial charge in [-0.15, -0.1) is 0 Å². The van der Waals surface area contributed by atoms with E-state index in [9.17, 15) is 0 Å². The Balaban J connectivity index is 1.84. The van der Waals surface area contributed by atoms with Gasteiger partial charge >= 0.3 is 0 Å². The number of hydrogen-bond acceptors (Lipinski definition) is 3. The van der Waals surface area contributed by atoms with Gasteiger partial charge in [-0.05, 0) is 24.1 Å². The van der Waals surface area contributed by atoms with Gasteiger partial charge in [0, 0.05) is 31.7 Å². The van der Waals surface area contributed by atoms with Crippen LogP contribution >= 0.6 is 0 Å². The number of benzene rings is 1. The van der Waals surface area contributed by atoms with Crippen molar-refractivity contribution in [3.8, 4) is 0 Å². The molecule has 16 heavy (non-hydrogen) atoms. The molecule has 2 heterocycles. The molecule has 3 N–H and O–H groups in total. The van der Waals surface area contributed by atoms with Crippen LogP contribution in [0.2, 0.25) is 0 Å². The number of nitrogens with one attached hydrogen (secondary N) is 1. The minimum Gasteiger partial charge on any atom is -0.329 e. The summed E-state index contributed by atoms with van der Waals surface area (Å²) in [6.07, 6.45) is 1.18. The van der Waals surface area contributed by atoms with Crippen LogP contribution in [0.5, 0.6) is 0 Å². The first-order chi connectivity index (χ1) is 7.84. The van der Waals surface area contributed by atoms with Crippen LogP contribution in [0, 0.1) is 0 Å². The Morgan fingerprint density at radius 3 is 2.44 bits per heavy atom. The molecule has 1 unspecified atom stereocenters. The molecule has 3 rings (SSSR count). The summed E-state index contributed by atoms with van der Waals surface area (Å²) in [6, 6.07) is 8.73. The van der Waals surface area contributed by atoms with Crippen molar-refractivity contribution in [3.63, 3.8) is 0 Å². The quantitative estimate of drug-likeness (QED) is 0.766. The lowest BCUT2D eigenvalue weighted by Crippen LogP contribution is -2.53. The third-order valence-corrected chi connectivity index (χ3v) is 4.11. The largest absolute Gasteiger partial charge is 0.329 e. The molecular formula is C13H19N3. The lowest BCUT2D eigenvalue weighted by Gasteiger charge is -2.37. The molecular weight excluding hydrogens is 198 g/mol. The molecule has 2 aliphatic heterocycles. The first-order valence-electron chi connectivity index (χ1n) is 6.07. The molecule has 0 saturated carbocycles. The summed E-state index contributed by atoms with van der Waals surface area (Å²) in [5.74, 6) is 0. The number of nitrogens with two attached hydrogens (primary N) is 1. The molecule has 1 atom stereocenters. The third-order valence-electron chi connectivity index (χ3n) is 4.11. The van der Waals surface area contributed by atoms with E-state index < -0.39 is 0 Å². The normalized spacial score (nSPS) is 29.6. The van der Waals surface area contributed by atoms with Crippen LogP contribution in [-0.2, 0) is 13.1 Å². The predicted molar refractivity (Wildman–Crippen MR) is 65.0 cm³/mol. The van der Waals surface area contributed by atoms with Crippen LogP contribution in [0.15, 0.2) is 24.3 Å². The van der Waals surface area contributed by atoms with Gasteiger partial charge in [-0.1, -0.05) is 24.3 Å². The van der Waals surface area contributed by atoms with Crippen LogP contribution < -0.4 is 11.1 Å². The summed E-state index contributed by atoms with van der Waals surface area (Å²) in [5, 5.41) is 3.45. The van der Waals surface area contributed by atoms with E-state index in [1.165, 1.54) is 17.5 Å². The van der Waals surface area contributed by atoms with E-state index in [1.807, 2.05) is 0 Å². The number of fused-ring (bicyclic) bond motifs is 1. The Hall–Kier alpha value is -0.900. The molecule has 1 aromatic rings. The van der Waals surface area contributed by atoms with E-state index in [-0.39, 0.29) is 5.54 Å². The minimum atomic E-state index is 0.193. The Morgan fingerprint density at radius 1 is 1.25 bits per heavy atom. The molecule has 1 aromatic carbocycles. The summed E-state index contributed by atoms with van der Waals surface area (Å²) in [6.45, 7) is 5.03. The fraction of sp³-hybridized carbons (Fsp3) is 0.538. The molecule has 0 spiro atoms. The average Bonchev–Trinajstić information content (AvgIpc) is 2.96. The molecule has 0 aromatic heterocycles. The Labute approximate surface area is 96.6 Å². The zero-order chi connectivity index (χ0) is 11.0. The Morgan fingerprint density at radius 2 is 1.94 bits per heavy atom. The van der Waals surface area contributed by atoms with Gasteiger partial charge in [-0.3, -0.25) is 4.90 Å². The van der Waals surface area contributed by atoms with Crippen molar-refractivity contribution in [1.29, 1.82) is 0 Å². The van der Waals surface area contributed by atoms with Crippen molar-refractivity contribution in [2.75, 3.05) is 19.6 Å². The summed E-state index contributed by atoms with van der Waals surface area (Å²) in [7, 11) is 0. The highest BCUT2D eigenvalue weighted by Crippen LogP contribution is 2.32. The summed E-state index contributed by atoms with van der Waals surface area (Å²) < 4.78 is 0. The van der Waals surface area contributed by atoms with E-state index in [4.69, 9.17) is 5.73 Å². The van der Waals surface area contributed by atoms with E-state index >= 15 is 0 Å². The maximum atomic E-state index is 6.00. The van der Waals surface area contributed by atoms with Crippen LogP contribution in [0.4, 0.5) is 0 Å². The lowest BCUT2D eigenvalue weighted by atomic mass is 9.96. The van der Waals surface area contributed by atoms with Crippen molar-refractivity contribution < 1.29 is 0 Å². The van der Waals surface area contributed by atoms with E-state index in [2.05, 4.69) is 34.5 Å². The topological polar surface area (TPSA) is 41.3 Å². The molecule has 3 heteroatoms. The molecule has 0 bridgehead atoms. The van der Waals surface area contributed by atoms with Gasteiger partial charge in [-0.2, -0.15) is 0 Å². The summed E-state index contributed by atoms with van der Waals surface area (Å²) in [5.41, 5.74) is 9.14. The zero-order valence-corrected chi connectivity index (χ0v) is 9.58. The van der Waals surface area contributed by atoms with Crippen LogP contribution in [0.1, 0.15) is 17.5 Å². The maximum absolute atomic E-state index is 6.00. The standard InChI is InChI=1S/C13H19N3/c14-9-13(5-6-15-10-13)16-7-11-3-1-2-4-12(11)8-16/h1-4,15H,5-10,14H2. The molecule has 0 amide bonds. The van der Waals surface area contributed by atoms with E-state index in [0.29, 0.717) is 0 Å². The highest BCUT2D eigenvalue weighted by atomic mass is 15.3. The van der Waals surface area contributed by atoms with Crippen molar-refractivity contribution >= 4 is 0 Å². The SMILES string of the molecule is NCC1(N2Cc3ccccc3C2)CCNC1. The second-order valence-electron chi connectivity index (χ2n) is 4.98. The van der Waals surface area contributed by atoms with E-state index in [1.54, 1.807) is 0 Å². The second kappa shape index (κ2) is 3.84. The van der Waals surface area contributed by atoms with Gasteiger partial charge in [-0.25, -0.2) is 0 Å². The number of hydrogen-bond donors (Lipinski definition) is 2. The van der Waals surface area contributed by atoms with Crippen molar-refractivity contribution in [1.82, 2.24) is 10.2 Å². The van der Waals surface area contributed by atoms with Gasteiger partial charge in [0.25, 0.3) is 0 Å². The van der Waals surface area contributed by atoms with Gasteiger partial charge < -0.3 is 11.1 Å². The molecule has 2 aliphatic rings. The van der Waals surface area contributed by atoms with Crippen molar-refractivity contribution in [2.45, 2.75) is 25.0 Å². The molecule has 0 radical (unpaired) electrons. The van der Waals surface area contributed by atoms with Crippen LogP contribution in [0.25, 0.3) is 0 Å². The van der Waals surface area contributed by atoms with Gasteiger partial charge in [0.15, 0.2) is 0 Å². The first-order valence-corrected chi connectivity index (χ1v) is 6.07. The zero-order valence-electron chi connectivity index (χ0n) is 9.58. The van der Waals surface area contributed by atoms with E-state index in [0.717, 1.165) is 32.7 Å². The fourth-order valence-electron chi connectivity index (χ4n) is 2.97. The molecule has 0 aliphatic carbocycles. The van der Waals surface area contributed by atoms with Crippen molar-refractivity contribution in [2.24, 2.45) is 5.73 Å². The lowest BCUT2D eigenvalue weighted by molar-refractivity contribution is 0.109. The maximum Gasteiger partial charge on any atom is 0.0474 e. The average molecular weight is 217 g/mol. The Bertz CT molecular complexity index is 358. The second-order valence-corrected chi connectivity index (χ2v) is 4.98. The van der Waals surface area contributed by atoms with Crippen LogP contribution in [0.3, 0.4) is 0 Å². The number of nitrogens with zero attached hydrogens (tertiary/aromatic N) is 1. The van der Waals surface area contributed by atoms with Crippen LogP contribution in [-0.4, -0.2) is 30.1 Å². The first kappa shape index (κ1) is 10.3. The highest BCUT2D eigenvalue weighted by molar-refractivity contribution is 5.31. The monoisotopic (exact) mass is 217 g/mol. The molecule has 86 valence electrons. The third kappa shape index (κ3) is 1.47. The number of rotatable bonds is 2. The Kier molecular flexibility index (Phi) is 2.46. The van der Waals surface area contributed by atoms with Gasteiger partial charge in [0.1, 0.15) is 0 Å². The predicted octanol–water partition coefficient (Wildman–Crippen LogP) is 0.693. The smallest absolute Gasteiger partial charge is 0.0474 e. The van der Waals surface area contributed by atoms with Gasteiger partial charge in [0.2, 0.25) is 0 Å². The van der Waals surface area contributed by atoms with Crippen molar-refractivity contribution in [3.05, 3.63) is 35.4 Å².